The van der Waals surface area contributed by atoms with E-state index in [4.69, 9.17) is 18.9 Å². The maximum atomic E-state index is 12.6. The van der Waals surface area contributed by atoms with Crippen LogP contribution >= 0.6 is 0 Å². The Hall–Kier alpha value is -2.93. The summed E-state index contributed by atoms with van der Waals surface area (Å²) in [6.45, 7) is 4.41. The number of likely N-dealkylation sites (tertiary alicyclic amines) is 1. The Morgan fingerprint density at radius 3 is 2.17 bits per heavy atom. The van der Waals surface area contributed by atoms with Crippen molar-refractivity contribution in [3.63, 3.8) is 0 Å². The summed E-state index contributed by atoms with van der Waals surface area (Å²) < 4.78 is 21.7. The Labute approximate surface area is 177 Å². The van der Waals surface area contributed by atoms with E-state index in [1.54, 1.807) is 12.1 Å². The molecular weight excluding hydrogens is 384 g/mol. The maximum Gasteiger partial charge on any atom is 0.251 e. The average Bonchev–Trinajstić information content (AvgIpc) is 3.30. The lowest BCUT2D eigenvalue weighted by Gasteiger charge is -2.15. The molecule has 1 saturated heterocycles. The van der Waals surface area contributed by atoms with Crippen molar-refractivity contribution >= 4 is 5.91 Å². The molecule has 1 amide bonds. The molecule has 7 heteroatoms. The van der Waals surface area contributed by atoms with Crippen LogP contribution in [0.1, 0.15) is 28.8 Å². The predicted molar refractivity (Wildman–Crippen MR) is 115 cm³/mol. The van der Waals surface area contributed by atoms with Crippen LogP contribution in [-0.2, 0) is 6.54 Å². The van der Waals surface area contributed by atoms with Crippen molar-refractivity contribution < 1.29 is 23.7 Å². The van der Waals surface area contributed by atoms with Crippen LogP contribution in [0.15, 0.2) is 36.4 Å². The number of benzene rings is 2. The van der Waals surface area contributed by atoms with Crippen LogP contribution in [-0.4, -0.2) is 58.4 Å². The van der Waals surface area contributed by atoms with Crippen molar-refractivity contribution in [1.82, 2.24) is 10.2 Å². The van der Waals surface area contributed by atoms with Gasteiger partial charge in [0.1, 0.15) is 12.4 Å². The van der Waals surface area contributed by atoms with Gasteiger partial charge in [-0.15, -0.1) is 0 Å². The van der Waals surface area contributed by atoms with Crippen LogP contribution in [0.25, 0.3) is 0 Å². The minimum Gasteiger partial charge on any atom is -0.493 e. The van der Waals surface area contributed by atoms with E-state index in [1.165, 1.54) is 47.3 Å². The Bertz CT molecular complexity index is 807. The predicted octanol–water partition coefficient (Wildman–Crippen LogP) is 3.12. The standard InChI is InChI=1S/C23H30N2O5/c1-27-20-14-18(15-21(28-2)22(20)29-3)23(26)24-16-17-6-8-19(9-7-17)30-13-12-25-10-4-5-11-25/h6-9,14-15H,4-5,10-13,16H2,1-3H3,(H,24,26). The summed E-state index contributed by atoms with van der Waals surface area (Å²) in [6.07, 6.45) is 2.58. The first-order valence-corrected chi connectivity index (χ1v) is 10.2. The lowest BCUT2D eigenvalue weighted by atomic mass is 10.1. The molecule has 0 aromatic heterocycles. The minimum absolute atomic E-state index is 0.222. The lowest BCUT2D eigenvalue weighted by molar-refractivity contribution is 0.0950. The van der Waals surface area contributed by atoms with Gasteiger partial charge < -0.3 is 24.3 Å². The highest BCUT2D eigenvalue weighted by molar-refractivity contribution is 5.95. The van der Waals surface area contributed by atoms with Crippen LogP contribution in [0.5, 0.6) is 23.0 Å². The van der Waals surface area contributed by atoms with Crippen molar-refractivity contribution in [2.45, 2.75) is 19.4 Å². The molecule has 0 bridgehead atoms. The molecule has 1 aliphatic rings. The van der Waals surface area contributed by atoms with Gasteiger partial charge in [0.25, 0.3) is 5.91 Å². The third-order valence-corrected chi connectivity index (χ3v) is 5.18. The van der Waals surface area contributed by atoms with E-state index in [-0.39, 0.29) is 5.91 Å². The van der Waals surface area contributed by atoms with Gasteiger partial charge in [-0.25, -0.2) is 0 Å². The van der Waals surface area contributed by atoms with Crippen molar-refractivity contribution in [3.05, 3.63) is 47.5 Å². The number of nitrogens with zero attached hydrogens (tertiary/aromatic N) is 1. The van der Waals surface area contributed by atoms with E-state index >= 15 is 0 Å². The molecular formula is C23H30N2O5. The fraction of sp³-hybridized carbons (Fsp3) is 0.435. The number of hydrogen-bond donors (Lipinski definition) is 1. The van der Waals surface area contributed by atoms with Gasteiger partial charge in [0, 0.05) is 18.7 Å². The molecule has 2 aromatic carbocycles. The number of hydrogen-bond acceptors (Lipinski definition) is 6. The number of nitrogens with one attached hydrogen (secondary N) is 1. The molecule has 0 unspecified atom stereocenters. The van der Waals surface area contributed by atoms with E-state index in [2.05, 4.69) is 10.2 Å². The molecule has 2 aromatic rings. The van der Waals surface area contributed by atoms with Crippen molar-refractivity contribution in [2.24, 2.45) is 0 Å². The van der Waals surface area contributed by atoms with E-state index in [1.807, 2.05) is 24.3 Å². The summed E-state index contributed by atoms with van der Waals surface area (Å²) in [7, 11) is 4.57. The van der Waals surface area contributed by atoms with Gasteiger partial charge >= 0.3 is 0 Å². The second kappa shape index (κ2) is 10.7. The first kappa shape index (κ1) is 21.8. The summed E-state index contributed by atoms with van der Waals surface area (Å²) >= 11 is 0. The molecule has 0 radical (unpaired) electrons. The molecule has 1 N–H and O–H groups in total. The topological polar surface area (TPSA) is 69.3 Å². The van der Waals surface area contributed by atoms with Gasteiger partial charge in [-0.3, -0.25) is 9.69 Å². The van der Waals surface area contributed by atoms with Gasteiger partial charge in [-0.2, -0.15) is 0 Å². The largest absolute Gasteiger partial charge is 0.493 e. The van der Waals surface area contributed by atoms with Crippen molar-refractivity contribution in [1.29, 1.82) is 0 Å². The average molecular weight is 415 g/mol. The fourth-order valence-electron chi connectivity index (χ4n) is 3.50. The molecule has 1 fully saturated rings. The minimum atomic E-state index is -0.222. The van der Waals surface area contributed by atoms with E-state index in [0.29, 0.717) is 36.0 Å². The molecule has 30 heavy (non-hydrogen) atoms. The van der Waals surface area contributed by atoms with Gasteiger partial charge in [0.2, 0.25) is 5.75 Å². The zero-order valence-corrected chi connectivity index (χ0v) is 17.9. The van der Waals surface area contributed by atoms with Crippen molar-refractivity contribution in [3.8, 4) is 23.0 Å². The van der Waals surface area contributed by atoms with Crippen LogP contribution in [0.4, 0.5) is 0 Å². The second-order valence-corrected chi connectivity index (χ2v) is 7.14. The molecule has 0 atom stereocenters. The SMILES string of the molecule is COc1cc(C(=O)NCc2ccc(OCCN3CCCC3)cc2)cc(OC)c1OC. The Kier molecular flexibility index (Phi) is 7.79. The van der Waals surface area contributed by atoms with E-state index < -0.39 is 0 Å². The van der Waals surface area contributed by atoms with Crippen LogP contribution < -0.4 is 24.3 Å². The van der Waals surface area contributed by atoms with Gasteiger partial charge in [-0.1, -0.05) is 12.1 Å². The molecule has 7 nitrogen and oxygen atoms in total. The first-order valence-electron chi connectivity index (χ1n) is 10.2. The number of methoxy groups -OCH3 is 3. The fourth-order valence-corrected chi connectivity index (χ4v) is 3.50. The number of carbonyl (C=O) groups is 1. The molecule has 3 rings (SSSR count). The quantitative estimate of drug-likeness (QED) is 0.644. The van der Waals surface area contributed by atoms with Gasteiger partial charge in [-0.05, 0) is 55.8 Å². The number of rotatable bonds is 10. The van der Waals surface area contributed by atoms with E-state index in [0.717, 1.165) is 17.9 Å². The Morgan fingerprint density at radius 2 is 1.60 bits per heavy atom. The summed E-state index contributed by atoms with van der Waals surface area (Å²) in [5.74, 6) is 1.96. The summed E-state index contributed by atoms with van der Waals surface area (Å²) in [4.78, 5) is 15.0. The van der Waals surface area contributed by atoms with Crippen LogP contribution in [0.2, 0.25) is 0 Å². The zero-order valence-electron chi connectivity index (χ0n) is 17.9. The maximum absolute atomic E-state index is 12.6. The van der Waals surface area contributed by atoms with Gasteiger partial charge in [0.05, 0.1) is 21.3 Å². The summed E-state index contributed by atoms with van der Waals surface area (Å²) in [5.41, 5.74) is 1.43. The van der Waals surface area contributed by atoms with Gasteiger partial charge in [0.15, 0.2) is 11.5 Å². The highest BCUT2D eigenvalue weighted by atomic mass is 16.5. The zero-order chi connectivity index (χ0) is 21.3. The number of ether oxygens (including phenoxy) is 4. The normalized spacial score (nSPS) is 13.7. The highest BCUT2D eigenvalue weighted by Crippen LogP contribution is 2.38. The molecule has 0 aliphatic carbocycles. The third-order valence-electron chi connectivity index (χ3n) is 5.18. The molecule has 0 saturated carbocycles. The smallest absolute Gasteiger partial charge is 0.251 e. The van der Waals surface area contributed by atoms with Crippen LogP contribution in [0.3, 0.4) is 0 Å². The Morgan fingerprint density at radius 1 is 0.967 bits per heavy atom. The Balaban J connectivity index is 1.53. The molecule has 162 valence electrons. The lowest BCUT2D eigenvalue weighted by Crippen LogP contribution is -2.25. The van der Waals surface area contributed by atoms with E-state index in [9.17, 15) is 4.79 Å². The molecule has 1 aliphatic heterocycles. The summed E-state index contributed by atoms with van der Waals surface area (Å²) in [6, 6.07) is 11.1. The third kappa shape index (κ3) is 5.57. The second-order valence-electron chi connectivity index (χ2n) is 7.14. The monoisotopic (exact) mass is 414 g/mol. The van der Waals surface area contributed by atoms with Crippen LogP contribution in [0, 0.1) is 0 Å². The van der Waals surface area contributed by atoms with Crippen molar-refractivity contribution in [2.75, 3.05) is 47.6 Å². The first-order chi connectivity index (χ1) is 14.6. The molecule has 1 heterocycles. The number of carbonyl (C=O) groups excluding carboxylic acids is 1. The summed E-state index contributed by atoms with van der Waals surface area (Å²) in [5, 5.41) is 2.92. The molecule has 0 spiro atoms. The number of amides is 1. The highest BCUT2D eigenvalue weighted by Gasteiger charge is 2.17.